The number of piperidine rings is 1. The van der Waals surface area contributed by atoms with Crippen molar-refractivity contribution in [1.29, 1.82) is 0 Å². The third-order valence-corrected chi connectivity index (χ3v) is 6.19. The van der Waals surface area contributed by atoms with Crippen molar-refractivity contribution in [2.45, 2.75) is 89.3 Å². The van der Waals surface area contributed by atoms with Gasteiger partial charge in [0, 0.05) is 31.3 Å². The molecule has 0 aromatic carbocycles. The van der Waals surface area contributed by atoms with E-state index in [0.29, 0.717) is 0 Å². The summed E-state index contributed by atoms with van der Waals surface area (Å²) in [7, 11) is 0. The second kappa shape index (κ2) is 8.65. The number of likely N-dealkylation sites (tertiary alicyclic amines) is 1. The van der Waals surface area contributed by atoms with Gasteiger partial charge in [0.05, 0.1) is 0 Å². The fourth-order valence-electron chi connectivity index (χ4n) is 4.85. The Labute approximate surface area is 137 Å². The molecule has 128 valence electrons. The number of ether oxygens (including phenoxy) is 1. The van der Waals surface area contributed by atoms with Crippen molar-refractivity contribution >= 4 is 0 Å². The summed E-state index contributed by atoms with van der Waals surface area (Å²) in [5.41, 5.74) is 0. The first-order chi connectivity index (χ1) is 10.8. The monoisotopic (exact) mass is 308 g/mol. The Kier molecular flexibility index (Phi) is 6.58. The lowest BCUT2D eigenvalue weighted by molar-refractivity contribution is 0.101. The molecule has 1 saturated heterocycles. The molecule has 0 aromatic heterocycles. The predicted molar refractivity (Wildman–Crippen MR) is 92.2 cm³/mol. The van der Waals surface area contributed by atoms with Crippen LogP contribution < -0.4 is 5.32 Å². The predicted octanol–water partition coefficient (Wildman–Crippen LogP) is 3.58. The number of hydrogen-bond acceptors (Lipinski definition) is 3. The van der Waals surface area contributed by atoms with E-state index in [1.807, 2.05) is 0 Å². The van der Waals surface area contributed by atoms with E-state index in [-0.39, 0.29) is 0 Å². The molecular formula is C19H36N2O. The van der Waals surface area contributed by atoms with E-state index in [1.54, 1.807) is 0 Å². The minimum atomic E-state index is 0.792. The topological polar surface area (TPSA) is 24.5 Å². The van der Waals surface area contributed by atoms with Crippen LogP contribution in [0.4, 0.5) is 0 Å². The molecule has 3 nitrogen and oxygen atoms in total. The smallest absolute Gasteiger partial charge is 0.0494 e. The highest BCUT2D eigenvalue weighted by Gasteiger charge is 2.32. The SMILES string of the molecule is CCOCC1CCC(N2CCC(NC3CCCCC3)CC2)C1. The van der Waals surface area contributed by atoms with Gasteiger partial charge in [0.2, 0.25) is 0 Å². The highest BCUT2D eigenvalue weighted by atomic mass is 16.5. The Hall–Kier alpha value is -0.120. The third-order valence-electron chi connectivity index (χ3n) is 6.19. The van der Waals surface area contributed by atoms with E-state index < -0.39 is 0 Å². The maximum atomic E-state index is 5.63. The molecule has 0 spiro atoms. The molecule has 3 rings (SSSR count). The van der Waals surface area contributed by atoms with Crippen molar-refractivity contribution in [2.24, 2.45) is 5.92 Å². The summed E-state index contributed by atoms with van der Waals surface area (Å²) >= 11 is 0. The first kappa shape index (κ1) is 16.7. The first-order valence-electron chi connectivity index (χ1n) is 9.93. The van der Waals surface area contributed by atoms with Crippen molar-refractivity contribution < 1.29 is 4.74 Å². The Morgan fingerprint density at radius 2 is 1.64 bits per heavy atom. The van der Waals surface area contributed by atoms with Crippen LogP contribution in [-0.2, 0) is 4.74 Å². The average Bonchev–Trinajstić information content (AvgIpc) is 3.03. The van der Waals surface area contributed by atoms with Gasteiger partial charge in [-0.1, -0.05) is 19.3 Å². The summed E-state index contributed by atoms with van der Waals surface area (Å²) in [6.45, 7) is 6.61. The Balaban J connectivity index is 1.35. The fraction of sp³-hybridized carbons (Fsp3) is 1.00. The zero-order valence-corrected chi connectivity index (χ0v) is 14.6. The molecular weight excluding hydrogens is 272 g/mol. The van der Waals surface area contributed by atoms with Gasteiger partial charge in [0.1, 0.15) is 0 Å². The van der Waals surface area contributed by atoms with E-state index in [2.05, 4.69) is 17.1 Å². The number of nitrogens with zero attached hydrogens (tertiary/aromatic N) is 1. The van der Waals surface area contributed by atoms with Gasteiger partial charge in [-0.3, -0.25) is 0 Å². The maximum Gasteiger partial charge on any atom is 0.0494 e. The van der Waals surface area contributed by atoms with Gasteiger partial charge in [0.25, 0.3) is 0 Å². The van der Waals surface area contributed by atoms with Crippen LogP contribution >= 0.6 is 0 Å². The van der Waals surface area contributed by atoms with Gasteiger partial charge in [-0.15, -0.1) is 0 Å². The summed E-state index contributed by atoms with van der Waals surface area (Å²) in [6.07, 6.45) is 14.1. The van der Waals surface area contributed by atoms with E-state index in [1.165, 1.54) is 77.3 Å². The lowest BCUT2D eigenvalue weighted by Crippen LogP contribution is -2.48. The van der Waals surface area contributed by atoms with Gasteiger partial charge in [0.15, 0.2) is 0 Å². The second-order valence-electron chi connectivity index (χ2n) is 7.80. The zero-order valence-electron chi connectivity index (χ0n) is 14.6. The van der Waals surface area contributed by atoms with Gasteiger partial charge in [-0.2, -0.15) is 0 Å². The Morgan fingerprint density at radius 3 is 2.36 bits per heavy atom. The molecule has 0 aromatic rings. The van der Waals surface area contributed by atoms with Gasteiger partial charge in [-0.25, -0.2) is 0 Å². The van der Waals surface area contributed by atoms with E-state index in [4.69, 9.17) is 4.74 Å². The number of rotatable bonds is 6. The highest BCUT2D eigenvalue weighted by molar-refractivity contribution is 4.88. The maximum absolute atomic E-state index is 5.63. The van der Waals surface area contributed by atoms with Gasteiger partial charge in [-0.05, 0) is 70.9 Å². The van der Waals surface area contributed by atoms with Crippen molar-refractivity contribution in [2.75, 3.05) is 26.3 Å². The fourth-order valence-corrected chi connectivity index (χ4v) is 4.85. The van der Waals surface area contributed by atoms with Crippen molar-refractivity contribution in [3.05, 3.63) is 0 Å². The normalized spacial score (nSPS) is 32.6. The zero-order chi connectivity index (χ0) is 15.2. The van der Waals surface area contributed by atoms with Crippen LogP contribution in [0.3, 0.4) is 0 Å². The Morgan fingerprint density at radius 1 is 0.909 bits per heavy atom. The highest BCUT2D eigenvalue weighted by Crippen LogP contribution is 2.31. The molecule has 0 radical (unpaired) electrons. The molecule has 0 amide bonds. The summed E-state index contributed by atoms with van der Waals surface area (Å²) < 4.78 is 5.63. The van der Waals surface area contributed by atoms with E-state index in [0.717, 1.165) is 37.3 Å². The van der Waals surface area contributed by atoms with Crippen LogP contribution in [0.2, 0.25) is 0 Å². The number of nitrogens with one attached hydrogen (secondary N) is 1. The van der Waals surface area contributed by atoms with Gasteiger partial charge >= 0.3 is 0 Å². The molecule has 1 N–H and O–H groups in total. The van der Waals surface area contributed by atoms with Crippen LogP contribution in [0.25, 0.3) is 0 Å². The van der Waals surface area contributed by atoms with Crippen LogP contribution in [0.5, 0.6) is 0 Å². The summed E-state index contributed by atoms with van der Waals surface area (Å²) in [6, 6.07) is 2.47. The summed E-state index contributed by atoms with van der Waals surface area (Å²) in [4.78, 5) is 2.78. The van der Waals surface area contributed by atoms with Crippen LogP contribution in [0, 0.1) is 5.92 Å². The molecule has 2 unspecified atom stereocenters. The number of hydrogen-bond donors (Lipinski definition) is 1. The molecule has 2 aliphatic carbocycles. The van der Waals surface area contributed by atoms with Crippen molar-refractivity contribution in [3.8, 4) is 0 Å². The van der Waals surface area contributed by atoms with Crippen LogP contribution in [0.1, 0.15) is 71.1 Å². The lowest BCUT2D eigenvalue weighted by atomic mass is 9.93. The minimum Gasteiger partial charge on any atom is -0.381 e. The lowest BCUT2D eigenvalue weighted by Gasteiger charge is -2.38. The minimum absolute atomic E-state index is 0.792. The molecule has 0 bridgehead atoms. The molecule has 1 aliphatic heterocycles. The summed E-state index contributed by atoms with van der Waals surface area (Å²) in [5, 5.41) is 3.96. The molecule has 2 saturated carbocycles. The molecule has 2 atom stereocenters. The average molecular weight is 309 g/mol. The largest absolute Gasteiger partial charge is 0.381 e. The Bertz CT molecular complexity index is 309. The molecule has 3 aliphatic rings. The van der Waals surface area contributed by atoms with Gasteiger partial charge < -0.3 is 15.0 Å². The third kappa shape index (κ3) is 4.69. The van der Waals surface area contributed by atoms with E-state index in [9.17, 15) is 0 Å². The first-order valence-corrected chi connectivity index (χ1v) is 9.93. The van der Waals surface area contributed by atoms with Crippen LogP contribution in [-0.4, -0.2) is 49.3 Å². The second-order valence-corrected chi connectivity index (χ2v) is 7.80. The van der Waals surface area contributed by atoms with E-state index >= 15 is 0 Å². The van der Waals surface area contributed by atoms with Crippen molar-refractivity contribution in [1.82, 2.24) is 10.2 Å². The molecule has 3 heteroatoms. The molecule has 22 heavy (non-hydrogen) atoms. The summed E-state index contributed by atoms with van der Waals surface area (Å²) in [5.74, 6) is 0.822. The quantitative estimate of drug-likeness (QED) is 0.812. The molecule has 1 heterocycles. The van der Waals surface area contributed by atoms with Crippen molar-refractivity contribution in [3.63, 3.8) is 0 Å². The standard InChI is InChI=1S/C19H36N2O/c1-2-22-15-16-8-9-19(14-16)21-12-10-18(11-13-21)20-17-6-4-3-5-7-17/h16-20H,2-15H2,1H3. The molecule has 3 fully saturated rings. The van der Waals surface area contributed by atoms with Crippen LogP contribution in [0.15, 0.2) is 0 Å².